The zero-order valence-electron chi connectivity index (χ0n) is 11.5. The summed E-state index contributed by atoms with van der Waals surface area (Å²) >= 11 is 0. The van der Waals surface area contributed by atoms with Crippen molar-refractivity contribution in [3.05, 3.63) is 48.0 Å². The van der Waals surface area contributed by atoms with E-state index in [0.29, 0.717) is 6.04 Å². The van der Waals surface area contributed by atoms with Gasteiger partial charge in [0.15, 0.2) is 0 Å². The molecule has 1 aliphatic carbocycles. The molecule has 1 nitrogen and oxygen atoms in total. The number of nitrogens with two attached hydrogens (primary N) is 1. The summed E-state index contributed by atoms with van der Waals surface area (Å²) in [5, 5.41) is 2.78. The second kappa shape index (κ2) is 5.75. The van der Waals surface area contributed by atoms with Crippen molar-refractivity contribution in [1.82, 2.24) is 0 Å². The Bertz CT molecular complexity index is 541. The summed E-state index contributed by atoms with van der Waals surface area (Å²) in [6.07, 6.45) is 7.61. The zero-order chi connectivity index (χ0) is 13.1. The molecule has 0 spiro atoms. The zero-order valence-corrected chi connectivity index (χ0v) is 11.5. The summed E-state index contributed by atoms with van der Waals surface area (Å²) in [5.41, 5.74) is 7.69. The lowest BCUT2D eigenvalue weighted by molar-refractivity contribution is 0.432. The highest BCUT2D eigenvalue weighted by molar-refractivity contribution is 5.85. The maximum atomic E-state index is 6.19. The first kappa shape index (κ1) is 12.7. The summed E-state index contributed by atoms with van der Waals surface area (Å²) in [4.78, 5) is 0. The summed E-state index contributed by atoms with van der Waals surface area (Å²) in [5.74, 6) is 0.767. The highest BCUT2D eigenvalue weighted by atomic mass is 14.6. The summed E-state index contributed by atoms with van der Waals surface area (Å²) in [6.45, 7) is 0. The predicted molar refractivity (Wildman–Crippen MR) is 82.2 cm³/mol. The van der Waals surface area contributed by atoms with Gasteiger partial charge in [-0.1, -0.05) is 61.7 Å². The van der Waals surface area contributed by atoms with Crippen LogP contribution in [0.15, 0.2) is 42.5 Å². The molecular formula is C18H23N. The molecule has 0 heterocycles. The standard InChI is InChI=1S/C18H23N/c19-17-10-3-1-6-14(13-17)12-16-9-5-8-15-7-2-4-11-18(15)16/h2,4-5,7-9,11,14,17H,1,3,6,10,12-13,19H2. The van der Waals surface area contributed by atoms with E-state index in [1.165, 1.54) is 54.9 Å². The average Bonchev–Trinajstić information content (AvgIpc) is 2.63. The molecule has 2 atom stereocenters. The molecule has 2 aromatic carbocycles. The van der Waals surface area contributed by atoms with Gasteiger partial charge in [0.1, 0.15) is 0 Å². The summed E-state index contributed by atoms with van der Waals surface area (Å²) < 4.78 is 0. The molecule has 100 valence electrons. The fourth-order valence-corrected chi connectivity index (χ4v) is 3.47. The van der Waals surface area contributed by atoms with Crippen molar-refractivity contribution in [2.45, 2.75) is 44.6 Å². The number of benzene rings is 2. The minimum Gasteiger partial charge on any atom is -0.328 e. The van der Waals surface area contributed by atoms with Crippen LogP contribution in [0.1, 0.15) is 37.7 Å². The second-order valence-electron chi connectivity index (χ2n) is 5.99. The highest BCUT2D eigenvalue weighted by Gasteiger charge is 2.18. The van der Waals surface area contributed by atoms with Gasteiger partial charge >= 0.3 is 0 Å². The van der Waals surface area contributed by atoms with Crippen LogP contribution in [-0.4, -0.2) is 6.04 Å². The van der Waals surface area contributed by atoms with Gasteiger partial charge in [-0.25, -0.2) is 0 Å². The van der Waals surface area contributed by atoms with Crippen LogP contribution in [0.4, 0.5) is 0 Å². The third kappa shape index (κ3) is 2.98. The molecule has 1 fully saturated rings. The molecule has 1 aliphatic rings. The first-order valence-electron chi connectivity index (χ1n) is 7.55. The number of fused-ring (bicyclic) bond motifs is 1. The molecule has 1 heteroatoms. The van der Waals surface area contributed by atoms with Gasteiger partial charge in [0, 0.05) is 6.04 Å². The van der Waals surface area contributed by atoms with Gasteiger partial charge < -0.3 is 5.73 Å². The topological polar surface area (TPSA) is 26.0 Å². The van der Waals surface area contributed by atoms with Gasteiger partial charge in [-0.2, -0.15) is 0 Å². The van der Waals surface area contributed by atoms with Crippen LogP contribution in [0.3, 0.4) is 0 Å². The smallest absolute Gasteiger partial charge is 0.00415 e. The van der Waals surface area contributed by atoms with Crippen molar-refractivity contribution in [2.24, 2.45) is 11.7 Å². The molecule has 1 saturated carbocycles. The lowest BCUT2D eigenvalue weighted by atomic mass is 9.89. The van der Waals surface area contributed by atoms with E-state index in [1.54, 1.807) is 0 Å². The fraction of sp³-hybridized carbons (Fsp3) is 0.444. The largest absolute Gasteiger partial charge is 0.328 e. The third-order valence-electron chi connectivity index (χ3n) is 4.46. The molecule has 19 heavy (non-hydrogen) atoms. The van der Waals surface area contributed by atoms with Crippen LogP contribution in [0.25, 0.3) is 10.8 Å². The molecule has 2 N–H and O–H groups in total. The average molecular weight is 253 g/mol. The molecule has 3 rings (SSSR count). The van der Waals surface area contributed by atoms with Gasteiger partial charge in [-0.15, -0.1) is 0 Å². The highest BCUT2D eigenvalue weighted by Crippen LogP contribution is 2.28. The lowest BCUT2D eigenvalue weighted by Crippen LogP contribution is -2.22. The van der Waals surface area contributed by atoms with E-state index in [-0.39, 0.29) is 0 Å². The van der Waals surface area contributed by atoms with Crippen molar-refractivity contribution in [3.8, 4) is 0 Å². The Labute approximate surface area is 115 Å². The lowest BCUT2D eigenvalue weighted by Gasteiger charge is -2.18. The van der Waals surface area contributed by atoms with E-state index in [0.717, 1.165) is 5.92 Å². The maximum Gasteiger partial charge on any atom is 0.00415 e. The number of hydrogen-bond acceptors (Lipinski definition) is 1. The van der Waals surface area contributed by atoms with E-state index >= 15 is 0 Å². The normalized spacial score (nSPS) is 24.3. The van der Waals surface area contributed by atoms with Crippen LogP contribution in [-0.2, 0) is 6.42 Å². The second-order valence-corrected chi connectivity index (χ2v) is 5.99. The van der Waals surface area contributed by atoms with Crippen molar-refractivity contribution in [3.63, 3.8) is 0 Å². The predicted octanol–water partition coefficient (Wildman–Crippen LogP) is 4.29. The summed E-state index contributed by atoms with van der Waals surface area (Å²) in [6, 6.07) is 15.8. The molecule has 0 aromatic heterocycles. The molecule has 2 aromatic rings. The number of rotatable bonds is 2. The number of hydrogen-bond donors (Lipinski definition) is 1. The molecule has 0 radical (unpaired) electrons. The van der Waals surface area contributed by atoms with E-state index < -0.39 is 0 Å². The van der Waals surface area contributed by atoms with Crippen molar-refractivity contribution in [1.29, 1.82) is 0 Å². The quantitative estimate of drug-likeness (QED) is 0.794. The van der Waals surface area contributed by atoms with Gasteiger partial charge in [-0.05, 0) is 41.5 Å². The first-order chi connectivity index (χ1) is 9.33. The molecule has 0 bridgehead atoms. The van der Waals surface area contributed by atoms with E-state index in [1.807, 2.05) is 0 Å². The Morgan fingerprint density at radius 1 is 0.947 bits per heavy atom. The van der Waals surface area contributed by atoms with Crippen LogP contribution in [0.2, 0.25) is 0 Å². The Balaban J connectivity index is 1.84. The fourth-order valence-electron chi connectivity index (χ4n) is 3.47. The Morgan fingerprint density at radius 2 is 1.74 bits per heavy atom. The van der Waals surface area contributed by atoms with E-state index in [4.69, 9.17) is 5.73 Å². The molecule has 0 amide bonds. The Hall–Kier alpha value is -1.34. The van der Waals surface area contributed by atoms with Crippen LogP contribution in [0, 0.1) is 5.92 Å². The monoisotopic (exact) mass is 253 g/mol. The maximum absolute atomic E-state index is 6.19. The molecule has 2 unspecified atom stereocenters. The van der Waals surface area contributed by atoms with Crippen molar-refractivity contribution >= 4 is 10.8 Å². The van der Waals surface area contributed by atoms with E-state index in [2.05, 4.69) is 42.5 Å². The van der Waals surface area contributed by atoms with Gasteiger partial charge in [-0.3, -0.25) is 0 Å². The Morgan fingerprint density at radius 3 is 2.68 bits per heavy atom. The third-order valence-corrected chi connectivity index (χ3v) is 4.46. The minimum atomic E-state index is 0.419. The first-order valence-corrected chi connectivity index (χ1v) is 7.55. The molecule has 0 aliphatic heterocycles. The molecule has 0 saturated heterocycles. The van der Waals surface area contributed by atoms with Crippen molar-refractivity contribution < 1.29 is 0 Å². The van der Waals surface area contributed by atoms with Crippen LogP contribution in [0.5, 0.6) is 0 Å². The van der Waals surface area contributed by atoms with Gasteiger partial charge in [0.2, 0.25) is 0 Å². The Kier molecular flexibility index (Phi) is 3.84. The molecular weight excluding hydrogens is 230 g/mol. The van der Waals surface area contributed by atoms with Crippen LogP contribution < -0.4 is 5.73 Å². The minimum absolute atomic E-state index is 0.419. The van der Waals surface area contributed by atoms with Crippen molar-refractivity contribution in [2.75, 3.05) is 0 Å². The van der Waals surface area contributed by atoms with E-state index in [9.17, 15) is 0 Å². The van der Waals surface area contributed by atoms with Crippen LogP contribution >= 0.6 is 0 Å². The van der Waals surface area contributed by atoms with Gasteiger partial charge in [0.05, 0.1) is 0 Å². The SMILES string of the molecule is NC1CCCCC(Cc2cccc3ccccc23)C1. The summed E-state index contributed by atoms with van der Waals surface area (Å²) in [7, 11) is 0. The van der Waals surface area contributed by atoms with Gasteiger partial charge in [0.25, 0.3) is 0 Å².